The second kappa shape index (κ2) is 5.73. The van der Waals surface area contributed by atoms with Crippen LogP contribution in [0.3, 0.4) is 0 Å². The molecule has 0 spiro atoms. The molecular formula is C22H16BNO2. The topological polar surface area (TPSA) is 45.4 Å². The Balaban J connectivity index is 1.88. The standard InChI is InChI=1S/C22H16BNO2/c25-23(26)17-9-11-18(12-10-17)24-21-8-4-3-7-19(21)20-13-15-5-1-2-6-16(15)14-22(20)24/h1-14,25-26H. The minimum atomic E-state index is -1.45. The fourth-order valence-electron chi connectivity index (χ4n) is 3.73. The van der Waals surface area contributed by atoms with Gasteiger partial charge < -0.3 is 14.6 Å². The molecule has 1 aromatic heterocycles. The Labute approximate surface area is 150 Å². The van der Waals surface area contributed by atoms with Gasteiger partial charge in [-0.25, -0.2) is 0 Å². The third-order valence-corrected chi connectivity index (χ3v) is 4.99. The number of rotatable bonds is 2. The second-order valence-electron chi connectivity index (χ2n) is 6.53. The Kier molecular flexibility index (Phi) is 3.35. The third kappa shape index (κ3) is 2.24. The molecule has 4 heteroatoms. The SMILES string of the molecule is OB(O)c1ccc(-n2c3ccccc3c3cc4ccccc4cc32)cc1. The summed E-state index contributed by atoms with van der Waals surface area (Å²) in [5, 5.41) is 23.6. The summed E-state index contributed by atoms with van der Waals surface area (Å²) < 4.78 is 2.23. The maximum absolute atomic E-state index is 9.36. The van der Waals surface area contributed by atoms with E-state index in [9.17, 15) is 10.0 Å². The van der Waals surface area contributed by atoms with Crippen LogP contribution >= 0.6 is 0 Å². The monoisotopic (exact) mass is 337 g/mol. The van der Waals surface area contributed by atoms with Crippen LogP contribution in [0.15, 0.2) is 84.9 Å². The fourth-order valence-corrected chi connectivity index (χ4v) is 3.73. The van der Waals surface area contributed by atoms with Crippen LogP contribution in [-0.2, 0) is 0 Å². The van der Waals surface area contributed by atoms with Gasteiger partial charge in [0.05, 0.1) is 11.0 Å². The van der Waals surface area contributed by atoms with Crippen LogP contribution in [0.4, 0.5) is 0 Å². The van der Waals surface area contributed by atoms with Crippen molar-refractivity contribution in [3.63, 3.8) is 0 Å². The first-order chi connectivity index (χ1) is 12.7. The predicted octanol–water partition coefficient (Wildman–Crippen LogP) is 3.62. The summed E-state index contributed by atoms with van der Waals surface area (Å²) in [6.45, 7) is 0. The van der Waals surface area contributed by atoms with Gasteiger partial charge in [0.25, 0.3) is 0 Å². The summed E-state index contributed by atoms with van der Waals surface area (Å²) in [4.78, 5) is 0. The summed E-state index contributed by atoms with van der Waals surface area (Å²) in [6, 6.07) is 28.6. The van der Waals surface area contributed by atoms with Gasteiger partial charge in [-0.3, -0.25) is 0 Å². The van der Waals surface area contributed by atoms with Gasteiger partial charge in [0.15, 0.2) is 0 Å². The van der Waals surface area contributed by atoms with E-state index in [-0.39, 0.29) is 0 Å². The highest BCUT2D eigenvalue weighted by Crippen LogP contribution is 2.34. The van der Waals surface area contributed by atoms with E-state index < -0.39 is 7.12 Å². The van der Waals surface area contributed by atoms with Gasteiger partial charge in [0.2, 0.25) is 0 Å². The zero-order valence-corrected chi connectivity index (χ0v) is 14.0. The highest BCUT2D eigenvalue weighted by molar-refractivity contribution is 6.58. The highest BCUT2D eigenvalue weighted by atomic mass is 16.4. The molecule has 0 radical (unpaired) electrons. The maximum atomic E-state index is 9.36. The zero-order chi connectivity index (χ0) is 17.7. The van der Waals surface area contributed by atoms with Crippen molar-refractivity contribution in [1.82, 2.24) is 4.57 Å². The third-order valence-electron chi connectivity index (χ3n) is 4.99. The Morgan fingerprint density at radius 2 is 1.27 bits per heavy atom. The first-order valence-corrected chi connectivity index (χ1v) is 8.61. The van der Waals surface area contributed by atoms with Crippen molar-refractivity contribution in [2.75, 3.05) is 0 Å². The Morgan fingerprint density at radius 3 is 2.00 bits per heavy atom. The van der Waals surface area contributed by atoms with Gasteiger partial charge >= 0.3 is 7.12 Å². The molecule has 5 aromatic rings. The normalized spacial score (nSPS) is 11.5. The van der Waals surface area contributed by atoms with Crippen LogP contribution in [0, 0.1) is 0 Å². The van der Waals surface area contributed by atoms with E-state index in [2.05, 4.69) is 59.2 Å². The molecule has 3 nitrogen and oxygen atoms in total. The summed E-state index contributed by atoms with van der Waals surface area (Å²) in [6.07, 6.45) is 0. The predicted molar refractivity (Wildman–Crippen MR) is 108 cm³/mol. The van der Waals surface area contributed by atoms with Gasteiger partial charge in [-0.05, 0) is 46.6 Å². The van der Waals surface area contributed by atoms with Crippen LogP contribution in [-0.4, -0.2) is 21.7 Å². The molecule has 0 aliphatic carbocycles. The average Bonchev–Trinajstić information content (AvgIpc) is 2.99. The molecular weight excluding hydrogens is 321 g/mol. The lowest BCUT2D eigenvalue weighted by molar-refractivity contribution is 0.426. The maximum Gasteiger partial charge on any atom is 0.488 e. The molecule has 1 heterocycles. The molecule has 124 valence electrons. The number of aromatic nitrogens is 1. The van der Waals surface area contributed by atoms with Gasteiger partial charge in [-0.2, -0.15) is 0 Å². The van der Waals surface area contributed by atoms with Crippen molar-refractivity contribution in [2.24, 2.45) is 0 Å². The van der Waals surface area contributed by atoms with Gasteiger partial charge in [-0.15, -0.1) is 0 Å². The van der Waals surface area contributed by atoms with Gasteiger partial charge in [0.1, 0.15) is 0 Å². The molecule has 0 aliphatic heterocycles. The largest absolute Gasteiger partial charge is 0.488 e. The Bertz CT molecular complexity index is 1260. The van der Waals surface area contributed by atoms with E-state index in [4.69, 9.17) is 0 Å². The Morgan fingerprint density at radius 1 is 0.615 bits per heavy atom. The van der Waals surface area contributed by atoms with E-state index in [1.165, 1.54) is 21.5 Å². The van der Waals surface area contributed by atoms with Crippen LogP contribution < -0.4 is 5.46 Å². The summed E-state index contributed by atoms with van der Waals surface area (Å²) >= 11 is 0. The first kappa shape index (κ1) is 15.2. The molecule has 26 heavy (non-hydrogen) atoms. The highest BCUT2D eigenvalue weighted by Gasteiger charge is 2.14. The smallest absolute Gasteiger partial charge is 0.423 e. The van der Waals surface area contributed by atoms with Crippen molar-refractivity contribution < 1.29 is 10.0 Å². The van der Waals surface area contributed by atoms with Gasteiger partial charge in [0, 0.05) is 16.5 Å². The zero-order valence-electron chi connectivity index (χ0n) is 14.0. The average molecular weight is 337 g/mol. The number of nitrogens with zero attached hydrogens (tertiary/aromatic N) is 1. The lowest BCUT2D eigenvalue weighted by Gasteiger charge is -2.09. The number of fused-ring (bicyclic) bond motifs is 4. The minimum absolute atomic E-state index is 0.486. The number of para-hydroxylation sites is 1. The van der Waals surface area contributed by atoms with Crippen LogP contribution in [0.2, 0.25) is 0 Å². The van der Waals surface area contributed by atoms with Crippen molar-refractivity contribution in [3.05, 3.63) is 84.9 Å². The van der Waals surface area contributed by atoms with Crippen molar-refractivity contribution in [1.29, 1.82) is 0 Å². The number of hydrogen-bond acceptors (Lipinski definition) is 2. The van der Waals surface area contributed by atoms with E-state index in [1.807, 2.05) is 18.2 Å². The molecule has 0 unspecified atom stereocenters. The quantitative estimate of drug-likeness (QED) is 0.483. The molecule has 4 aromatic carbocycles. The molecule has 2 N–H and O–H groups in total. The number of hydrogen-bond donors (Lipinski definition) is 2. The molecule has 0 bridgehead atoms. The lowest BCUT2D eigenvalue weighted by Crippen LogP contribution is -2.29. The van der Waals surface area contributed by atoms with E-state index >= 15 is 0 Å². The van der Waals surface area contributed by atoms with E-state index in [0.29, 0.717) is 5.46 Å². The molecule has 0 saturated heterocycles. The summed E-state index contributed by atoms with van der Waals surface area (Å²) in [7, 11) is -1.45. The van der Waals surface area contributed by atoms with Crippen LogP contribution in [0.5, 0.6) is 0 Å². The number of benzene rings is 4. The summed E-state index contributed by atoms with van der Waals surface area (Å²) in [5.74, 6) is 0. The summed E-state index contributed by atoms with van der Waals surface area (Å²) in [5.41, 5.74) is 3.76. The molecule has 0 aliphatic rings. The van der Waals surface area contributed by atoms with E-state index in [1.54, 1.807) is 12.1 Å². The van der Waals surface area contributed by atoms with Crippen molar-refractivity contribution in [3.8, 4) is 5.69 Å². The molecule has 0 atom stereocenters. The fraction of sp³-hybridized carbons (Fsp3) is 0. The van der Waals surface area contributed by atoms with Gasteiger partial charge in [-0.1, -0.05) is 54.6 Å². The molecule has 0 fully saturated rings. The molecule has 5 rings (SSSR count). The van der Waals surface area contributed by atoms with Crippen LogP contribution in [0.1, 0.15) is 0 Å². The Hall–Kier alpha value is -3.08. The first-order valence-electron chi connectivity index (χ1n) is 8.61. The van der Waals surface area contributed by atoms with Crippen molar-refractivity contribution in [2.45, 2.75) is 0 Å². The van der Waals surface area contributed by atoms with Crippen LogP contribution in [0.25, 0.3) is 38.3 Å². The minimum Gasteiger partial charge on any atom is -0.423 e. The van der Waals surface area contributed by atoms with Crippen molar-refractivity contribution >= 4 is 45.2 Å². The lowest BCUT2D eigenvalue weighted by atomic mass is 9.80. The second-order valence-corrected chi connectivity index (χ2v) is 6.53. The molecule has 0 amide bonds. The van der Waals surface area contributed by atoms with E-state index in [0.717, 1.165) is 16.7 Å². The molecule has 0 saturated carbocycles.